The second kappa shape index (κ2) is 11.3. The van der Waals surface area contributed by atoms with Crippen LogP contribution >= 0.6 is 11.3 Å². The van der Waals surface area contributed by atoms with Gasteiger partial charge in [-0.15, -0.1) is 11.3 Å². The van der Waals surface area contributed by atoms with Crippen LogP contribution in [0, 0.1) is 0 Å². The number of carboxylic acid groups (broad SMARTS) is 1. The van der Waals surface area contributed by atoms with Crippen LogP contribution in [0.3, 0.4) is 0 Å². The third-order valence-electron chi connectivity index (χ3n) is 5.01. The van der Waals surface area contributed by atoms with Crippen LogP contribution in [0.4, 0.5) is 37.8 Å². The Kier molecular flexibility index (Phi) is 8.57. The highest BCUT2D eigenvalue weighted by Gasteiger charge is 2.38. The fourth-order valence-corrected chi connectivity index (χ4v) is 4.20. The second-order valence-electron chi connectivity index (χ2n) is 7.92. The number of carbonyl (C=O) groups excluding carboxylic acids is 1. The summed E-state index contributed by atoms with van der Waals surface area (Å²) in [5, 5.41) is 21.1. The van der Waals surface area contributed by atoms with Crippen LogP contribution in [0.15, 0.2) is 17.8 Å². The van der Waals surface area contributed by atoms with E-state index < -0.39 is 35.6 Å². The van der Waals surface area contributed by atoms with Crippen LogP contribution in [0.2, 0.25) is 0 Å². The number of halogens is 6. The Morgan fingerprint density at radius 1 is 1.22 bits per heavy atom. The van der Waals surface area contributed by atoms with E-state index in [1.807, 2.05) is 0 Å². The zero-order chi connectivity index (χ0) is 27.4. The van der Waals surface area contributed by atoms with Crippen molar-refractivity contribution in [1.82, 2.24) is 25.1 Å². The van der Waals surface area contributed by atoms with E-state index in [1.54, 1.807) is 11.6 Å². The number of aryl methyl sites for hydroxylation is 1. The highest BCUT2D eigenvalue weighted by atomic mass is 32.1. The Morgan fingerprint density at radius 2 is 1.92 bits per heavy atom. The molecule has 0 unspecified atom stereocenters. The van der Waals surface area contributed by atoms with Crippen LogP contribution < -0.4 is 16.0 Å². The summed E-state index contributed by atoms with van der Waals surface area (Å²) in [6, 6.07) is 0.194. The molecule has 1 aliphatic heterocycles. The molecule has 0 spiro atoms. The Balaban J connectivity index is 0.000000479. The van der Waals surface area contributed by atoms with Gasteiger partial charge >= 0.3 is 18.3 Å². The highest BCUT2D eigenvalue weighted by molar-refractivity contribution is 7.17. The van der Waals surface area contributed by atoms with Crippen LogP contribution in [0.5, 0.6) is 0 Å². The summed E-state index contributed by atoms with van der Waals surface area (Å²) >= 11 is 1.21. The van der Waals surface area contributed by atoms with E-state index in [2.05, 4.69) is 31.0 Å². The van der Waals surface area contributed by atoms with Gasteiger partial charge in [-0.3, -0.25) is 9.48 Å². The van der Waals surface area contributed by atoms with Gasteiger partial charge in [0.05, 0.1) is 17.4 Å². The average Bonchev–Trinajstić information content (AvgIpc) is 3.28. The molecule has 10 nitrogen and oxygen atoms in total. The number of hydrogen-bond acceptors (Lipinski definition) is 8. The molecular formula is C20H21F6N7O3S. The van der Waals surface area contributed by atoms with Crippen molar-refractivity contribution in [3.63, 3.8) is 0 Å². The summed E-state index contributed by atoms with van der Waals surface area (Å²) in [6.45, 7) is 1.78. The number of nitrogens with zero attached hydrogens (tertiary/aromatic N) is 4. The minimum atomic E-state index is -5.08. The SMILES string of the molecule is Cn1cc(NC(=O)c2csc3ncc(N[C@H]4CCCCNC4)nc23)c(C(F)(F)F)n1.O=C(O)C(F)(F)F. The number of nitrogens with one attached hydrogen (secondary N) is 3. The molecule has 4 heterocycles. The first kappa shape index (κ1) is 28.1. The third-order valence-corrected chi connectivity index (χ3v) is 5.89. The van der Waals surface area contributed by atoms with Crippen molar-refractivity contribution in [2.45, 2.75) is 37.7 Å². The molecule has 1 fully saturated rings. The Bertz CT molecular complexity index is 1250. The summed E-state index contributed by atoms with van der Waals surface area (Å²) in [4.78, 5) is 31.0. The molecule has 4 N–H and O–H groups in total. The van der Waals surface area contributed by atoms with Crippen molar-refractivity contribution in [1.29, 1.82) is 0 Å². The molecule has 17 heteroatoms. The molecule has 0 bridgehead atoms. The maximum absolute atomic E-state index is 13.2. The molecule has 1 amide bonds. The van der Waals surface area contributed by atoms with Crippen LogP contribution in [0.25, 0.3) is 10.3 Å². The van der Waals surface area contributed by atoms with E-state index in [4.69, 9.17) is 9.90 Å². The lowest BCUT2D eigenvalue weighted by atomic mass is 10.1. The first-order chi connectivity index (χ1) is 17.3. The number of carboxylic acids is 1. The first-order valence-electron chi connectivity index (χ1n) is 10.7. The molecular weight excluding hydrogens is 532 g/mol. The number of aromatic nitrogens is 4. The molecule has 37 heavy (non-hydrogen) atoms. The van der Waals surface area contributed by atoms with Gasteiger partial charge in [0.1, 0.15) is 16.2 Å². The lowest BCUT2D eigenvalue weighted by Gasteiger charge is -2.16. The fraction of sp³-hybridized carbons (Fsp3) is 0.450. The second-order valence-corrected chi connectivity index (χ2v) is 8.78. The highest BCUT2D eigenvalue weighted by Crippen LogP contribution is 2.34. The predicted molar refractivity (Wildman–Crippen MR) is 121 cm³/mol. The number of hydrogen-bond donors (Lipinski definition) is 4. The zero-order valence-electron chi connectivity index (χ0n) is 19.1. The summed E-state index contributed by atoms with van der Waals surface area (Å²) in [6.07, 6.45) is -3.83. The molecule has 3 aromatic heterocycles. The van der Waals surface area contributed by atoms with Gasteiger partial charge in [0.2, 0.25) is 0 Å². The number of thiophene rings is 1. The number of amides is 1. The normalized spacial score (nSPS) is 16.5. The Labute approximate surface area is 209 Å². The minimum absolute atomic E-state index is 0.169. The van der Waals surface area contributed by atoms with E-state index >= 15 is 0 Å². The van der Waals surface area contributed by atoms with Crippen molar-refractivity contribution < 1.29 is 41.0 Å². The van der Waals surface area contributed by atoms with Gasteiger partial charge < -0.3 is 21.1 Å². The molecule has 3 aromatic rings. The lowest BCUT2D eigenvalue weighted by molar-refractivity contribution is -0.192. The van der Waals surface area contributed by atoms with Crippen molar-refractivity contribution >= 4 is 45.1 Å². The summed E-state index contributed by atoms with van der Waals surface area (Å²) in [5.74, 6) is -2.92. The van der Waals surface area contributed by atoms with E-state index in [-0.39, 0.29) is 11.6 Å². The minimum Gasteiger partial charge on any atom is -0.475 e. The smallest absolute Gasteiger partial charge is 0.475 e. The summed E-state index contributed by atoms with van der Waals surface area (Å²) in [5.41, 5.74) is -1.03. The fourth-order valence-electron chi connectivity index (χ4n) is 3.37. The van der Waals surface area contributed by atoms with E-state index in [9.17, 15) is 31.1 Å². The molecule has 0 radical (unpaired) electrons. The van der Waals surface area contributed by atoms with Crippen LogP contribution in [0.1, 0.15) is 35.3 Å². The third kappa shape index (κ3) is 7.51. The lowest BCUT2D eigenvalue weighted by Crippen LogP contribution is -2.31. The largest absolute Gasteiger partial charge is 0.490 e. The monoisotopic (exact) mass is 553 g/mol. The molecule has 202 valence electrons. The molecule has 1 saturated heterocycles. The topological polar surface area (TPSA) is 134 Å². The molecule has 0 aromatic carbocycles. The number of anilines is 2. The van der Waals surface area contributed by atoms with Gasteiger partial charge in [-0.05, 0) is 19.4 Å². The van der Waals surface area contributed by atoms with Crippen molar-refractivity contribution in [3.8, 4) is 0 Å². The molecule has 0 saturated carbocycles. The van der Waals surface area contributed by atoms with Crippen LogP contribution in [-0.2, 0) is 18.0 Å². The van der Waals surface area contributed by atoms with Crippen molar-refractivity contribution in [3.05, 3.63) is 29.0 Å². The first-order valence-corrected chi connectivity index (χ1v) is 11.6. The predicted octanol–water partition coefficient (Wildman–Crippen LogP) is 3.88. The van der Waals surface area contributed by atoms with Gasteiger partial charge in [-0.2, -0.15) is 31.4 Å². The maximum Gasteiger partial charge on any atom is 0.490 e. The quantitative estimate of drug-likeness (QED) is 0.358. The molecule has 0 aliphatic carbocycles. The number of carbonyl (C=O) groups is 2. The summed E-state index contributed by atoms with van der Waals surface area (Å²) in [7, 11) is 1.36. The van der Waals surface area contributed by atoms with E-state index in [1.165, 1.54) is 18.4 Å². The molecule has 1 aliphatic rings. The number of fused-ring (bicyclic) bond motifs is 1. The van der Waals surface area contributed by atoms with Gasteiger partial charge in [-0.25, -0.2) is 14.8 Å². The number of alkyl halides is 6. The van der Waals surface area contributed by atoms with Crippen molar-refractivity contribution in [2.24, 2.45) is 7.05 Å². The molecule has 1 atom stereocenters. The Hall–Kier alpha value is -3.47. The molecule has 4 rings (SSSR count). The zero-order valence-corrected chi connectivity index (χ0v) is 19.9. The van der Waals surface area contributed by atoms with Crippen LogP contribution in [-0.4, -0.2) is 62.0 Å². The number of rotatable bonds is 4. The standard InChI is InChI=1S/C18H20F3N7OS.C2HF3O2/c1-28-8-12(15(27-28)18(19,20)21)25-16(29)11-9-30-17-14(11)26-13(7-23-17)24-10-4-2-3-5-22-6-10;3-2(4,5)1(6)7/h7-10,22H,2-6H2,1H3,(H,24,26)(H,25,29);(H,6,7)/t10-;/m0./s1. The van der Waals surface area contributed by atoms with Gasteiger partial charge in [0, 0.05) is 31.2 Å². The van der Waals surface area contributed by atoms with Gasteiger partial charge in [0.15, 0.2) is 5.69 Å². The van der Waals surface area contributed by atoms with E-state index in [0.717, 1.165) is 43.2 Å². The average molecular weight is 553 g/mol. The van der Waals surface area contributed by atoms with E-state index in [0.29, 0.717) is 16.2 Å². The summed E-state index contributed by atoms with van der Waals surface area (Å²) < 4.78 is 72.2. The van der Waals surface area contributed by atoms with Crippen molar-refractivity contribution in [2.75, 3.05) is 23.7 Å². The number of aliphatic carboxylic acids is 1. The maximum atomic E-state index is 13.2. The van der Waals surface area contributed by atoms with Gasteiger partial charge in [-0.1, -0.05) is 6.42 Å². The Morgan fingerprint density at radius 3 is 2.57 bits per heavy atom. The van der Waals surface area contributed by atoms with Gasteiger partial charge in [0.25, 0.3) is 5.91 Å².